The van der Waals surface area contributed by atoms with Crippen LogP contribution in [0.2, 0.25) is 0 Å². The Morgan fingerprint density at radius 3 is 2.83 bits per heavy atom. The maximum Gasteiger partial charge on any atom is 0.273 e. The highest BCUT2D eigenvalue weighted by Gasteiger charge is 2.20. The van der Waals surface area contributed by atoms with Crippen LogP contribution in [-0.2, 0) is 6.54 Å². The number of carbonyl (C=O) groups excluding carboxylic acids is 1. The van der Waals surface area contributed by atoms with Crippen molar-refractivity contribution in [3.63, 3.8) is 0 Å². The van der Waals surface area contributed by atoms with Crippen LogP contribution < -0.4 is 0 Å². The quantitative estimate of drug-likeness (QED) is 0.691. The molecule has 1 amide bonds. The lowest BCUT2D eigenvalue weighted by atomic mass is 10.3. The molecule has 0 spiro atoms. The van der Waals surface area contributed by atoms with Crippen LogP contribution in [0.3, 0.4) is 0 Å². The number of amides is 1. The molecule has 0 aliphatic rings. The van der Waals surface area contributed by atoms with E-state index >= 15 is 0 Å². The predicted molar refractivity (Wildman–Crippen MR) is 83.5 cm³/mol. The molecule has 0 fully saturated rings. The molecule has 0 unspecified atom stereocenters. The first-order valence-electron chi connectivity index (χ1n) is 6.96. The molecule has 23 heavy (non-hydrogen) atoms. The molecule has 0 aliphatic carbocycles. The molecule has 0 aliphatic heterocycles. The van der Waals surface area contributed by atoms with Crippen LogP contribution in [0, 0.1) is 11.3 Å². The molecule has 3 heterocycles. The van der Waals surface area contributed by atoms with E-state index in [1.807, 2.05) is 0 Å². The highest BCUT2D eigenvalue weighted by molar-refractivity contribution is 7.13. The van der Waals surface area contributed by atoms with Gasteiger partial charge in [0.05, 0.1) is 31.6 Å². The van der Waals surface area contributed by atoms with Gasteiger partial charge >= 0.3 is 0 Å². The molecule has 3 aromatic rings. The lowest BCUT2D eigenvalue weighted by Gasteiger charge is -2.19. The summed E-state index contributed by atoms with van der Waals surface area (Å²) in [5.41, 5.74) is 0.339. The molecular formula is C16H13N3O3S. The molecule has 0 atom stereocenters. The predicted octanol–water partition coefficient (Wildman–Crippen LogP) is 3.55. The fourth-order valence-electron chi connectivity index (χ4n) is 2.08. The van der Waals surface area contributed by atoms with Gasteiger partial charge in [-0.2, -0.15) is 5.26 Å². The fraction of sp³-hybridized carbons (Fsp3) is 0.188. The molecule has 0 aromatic carbocycles. The number of nitriles is 1. The van der Waals surface area contributed by atoms with Gasteiger partial charge in [0.25, 0.3) is 5.91 Å². The Kier molecular flexibility index (Phi) is 4.54. The van der Waals surface area contributed by atoms with E-state index in [0.29, 0.717) is 35.3 Å². The third-order valence-electron chi connectivity index (χ3n) is 3.16. The Labute approximate surface area is 136 Å². The topological polar surface area (TPSA) is 83.3 Å². The minimum absolute atomic E-state index is 0.231. The van der Waals surface area contributed by atoms with E-state index in [4.69, 9.17) is 14.1 Å². The molecule has 6 nitrogen and oxygen atoms in total. The molecule has 0 bridgehead atoms. The van der Waals surface area contributed by atoms with Crippen molar-refractivity contribution < 1.29 is 13.6 Å². The minimum Gasteiger partial charge on any atom is -0.467 e. The van der Waals surface area contributed by atoms with Crippen LogP contribution in [0.1, 0.15) is 22.7 Å². The zero-order valence-electron chi connectivity index (χ0n) is 12.1. The van der Waals surface area contributed by atoms with Gasteiger partial charge in [-0.3, -0.25) is 4.79 Å². The second-order valence-corrected chi connectivity index (χ2v) is 5.59. The Hall–Kier alpha value is -2.85. The SMILES string of the molecule is N#CCCN(Cc1ccco1)C(=O)c1csc(-c2ccco2)n1. The van der Waals surface area contributed by atoms with E-state index < -0.39 is 0 Å². The van der Waals surface area contributed by atoms with Gasteiger partial charge < -0.3 is 13.7 Å². The average Bonchev–Trinajstić information content (AvgIpc) is 3.32. The Balaban J connectivity index is 1.78. The van der Waals surface area contributed by atoms with Crippen molar-refractivity contribution >= 4 is 17.2 Å². The number of thiazole rings is 1. The smallest absolute Gasteiger partial charge is 0.273 e. The summed E-state index contributed by atoms with van der Waals surface area (Å²) in [6.45, 7) is 0.630. The highest BCUT2D eigenvalue weighted by atomic mass is 32.1. The maximum absolute atomic E-state index is 12.6. The van der Waals surface area contributed by atoms with Crippen LogP contribution >= 0.6 is 11.3 Å². The number of carbonyl (C=O) groups is 1. The van der Waals surface area contributed by atoms with Crippen LogP contribution in [0.4, 0.5) is 0 Å². The normalized spacial score (nSPS) is 10.4. The Morgan fingerprint density at radius 1 is 1.30 bits per heavy atom. The van der Waals surface area contributed by atoms with Crippen LogP contribution in [0.5, 0.6) is 0 Å². The summed E-state index contributed by atoms with van der Waals surface area (Å²) in [6.07, 6.45) is 3.37. The number of nitrogens with zero attached hydrogens (tertiary/aromatic N) is 3. The molecule has 0 radical (unpaired) electrons. The fourth-order valence-corrected chi connectivity index (χ4v) is 2.84. The van der Waals surface area contributed by atoms with Gasteiger partial charge in [0.1, 0.15) is 11.5 Å². The van der Waals surface area contributed by atoms with Crippen molar-refractivity contribution in [2.24, 2.45) is 0 Å². The zero-order chi connectivity index (χ0) is 16.1. The highest BCUT2D eigenvalue weighted by Crippen LogP contribution is 2.24. The second kappa shape index (κ2) is 6.94. The molecular weight excluding hydrogens is 314 g/mol. The van der Waals surface area contributed by atoms with E-state index in [1.165, 1.54) is 11.3 Å². The summed E-state index contributed by atoms with van der Waals surface area (Å²) in [7, 11) is 0. The van der Waals surface area contributed by atoms with Gasteiger partial charge in [-0.05, 0) is 24.3 Å². The van der Waals surface area contributed by atoms with Gasteiger partial charge in [0.2, 0.25) is 0 Å². The maximum atomic E-state index is 12.6. The third-order valence-corrected chi connectivity index (χ3v) is 4.02. The zero-order valence-corrected chi connectivity index (χ0v) is 13.0. The largest absolute Gasteiger partial charge is 0.467 e. The number of furan rings is 2. The minimum atomic E-state index is -0.231. The molecule has 3 aromatic heterocycles. The summed E-state index contributed by atoms with van der Waals surface area (Å²) in [4.78, 5) is 18.5. The van der Waals surface area contributed by atoms with Crippen LogP contribution in [0.25, 0.3) is 10.8 Å². The number of aromatic nitrogens is 1. The van der Waals surface area contributed by atoms with Crippen molar-refractivity contribution in [3.8, 4) is 16.8 Å². The Morgan fingerprint density at radius 2 is 2.13 bits per heavy atom. The van der Waals surface area contributed by atoms with Gasteiger partial charge in [-0.1, -0.05) is 0 Å². The summed E-state index contributed by atoms with van der Waals surface area (Å²) < 4.78 is 10.6. The van der Waals surface area contributed by atoms with Gasteiger partial charge in [-0.25, -0.2) is 4.98 Å². The summed E-state index contributed by atoms with van der Waals surface area (Å²) in [5.74, 6) is 1.06. The van der Waals surface area contributed by atoms with Crippen molar-refractivity contribution in [1.29, 1.82) is 5.26 Å². The molecule has 0 N–H and O–H groups in total. The van der Waals surface area contributed by atoms with Crippen molar-refractivity contribution in [2.75, 3.05) is 6.54 Å². The van der Waals surface area contributed by atoms with E-state index in [-0.39, 0.29) is 12.3 Å². The number of hydrogen-bond donors (Lipinski definition) is 0. The summed E-state index contributed by atoms with van der Waals surface area (Å²) in [6, 6.07) is 9.18. The van der Waals surface area contributed by atoms with Gasteiger partial charge in [-0.15, -0.1) is 11.3 Å². The molecule has 0 saturated heterocycles. The Bertz CT molecular complexity index is 800. The van der Waals surface area contributed by atoms with E-state index in [1.54, 1.807) is 47.1 Å². The molecule has 116 valence electrons. The molecule has 7 heteroatoms. The monoisotopic (exact) mass is 327 g/mol. The summed E-state index contributed by atoms with van der Waals surface area (Å²) >= 11 is 1.34. The number of hydrogen-bond acceptors (Lipinski definition) is 6. The summed E-state index contributed by atoms with van der Waals surface area (Å²) in [5, 5.41) is 11.1. The van der Waals surface area contributed by atoms with Gasteiger partial charge in [0.15, 0.2) is 10.8 Å². The first-order valence-corrected chi connectivity index (χ1v) is 7.84. The van der Waals surface area contributed by atoms with E-state index in [2.05, 4.69) is 11.1 Å². The standard InChI is InChI=1S/C16H13N3O3S/c17-6-3-7-19(10-12-4-1-8-21-12)16(20)13-11-23-15(18-13)14-5-2-9-22-14/h1-2,4-5,8-9,11H,3,7,10H2. The number of rotatable bonds is 6. The first-order chi connectivity index (χ1) is 11.3. The van der Waals surface area contributed by atoms with Crippen LogP contribution in [0.15, 0.2) is 51.0 Å². The van der Waals surface area contributed by atoms with Gasteiger partial charge in [0, 0.05) is 11.9 Å². The van der Waals surface area contributed by atoms with E-state index in [9.17, 15) is 4.79 Å². The molecule has 0 saturated carbocycles. The first kappa shape index (κ1) is 15.1. The average molecular weight is 327 g/mol. The second-order valence-electron chi connectivity index (χ2n) is 4.73. The van der Waals surface area contributed by atoms with Crippen molar-refractivity contribution in [3.05, 3.63) is 53.6 Å². The van der Waals surface area contributed by atoms with E-state index in [0.717, 1.165) is 0 Å². The molecule has 3 rings (SSSR count). The lowest BCUT2D eigenvalue weighted by molar-refractivity contribution is 0.0730. The third kappa shape index (κ3) is 3.49. The lowest BCUT2D eigenvalue weighted by Crippen LogP contribution is -2.31. The van der Waals surface area contributed by atoms with Crippen molar-refractivity contribution in [2.45, 2.75) is 13.0 Å². The van der Waals surface area contributed by atoms with Crippen LogP contribution in [-0.4, -0.2) is 22.3 Å². The van der Waals surface area contributed by atoms with Crippen molar-refractivity contribution in [1.82, 2.24) is 9.88 Å².